The van der Waals surface area contributed by atoms with E-state index in [1.807, 2.05) is 6.92 Å². The molecule has 1 heterocycles. The molecule has 2 rings (SSSR count). The third kappa shape index (κ3) is 5.06. The number of carboxylic acids is 1. The van der Waals surface area contributed by atoms with Gasteiger partial charge in [0.15, 0.2) is 0 Å². The number of hydrogen-bond acceptors (Lipinski definition) is 5. The molecule has 1 amide bonds. The fourth-order valence-electron chi connectivity index (χ4n) is 2.17. The summed E-state index contributed by atoms with van der Waals surface area (Å²) in [6.45, 7) is 2.00. The van der Waals surface area contributed by atoms with Crippen molar-refractivity contribution in [2.45, 2.75) is 26.2 Å². The number of rotatable bonds is 8. The Morgan fingerprint density at radius 3 is 2.62 bits per heavy atom. The van der Waals surface area contributed by atoms with Crippen LogP contribution < -0.4 is 0 Å². The normalized spacial score (nSPS) is 10.6. The molecule has 0 unspecified atom stereocenters. The van der Waals surface area contributed by atoms with E-state index in [0.29, 0.717) is 29.7 Å². The Kier molecular flexibility index (Phi) is 6.31. The van der Waals surface area contributed by atoms with E-state index in [9.17, 15) is 9.59 Å². The van der Waals surface area contributed by atoms with Crippen LogP contribution >= 0.6 is 11.6 Å². The van der Waals surface area contributed by atoms with Gasteiger partial charge in [-0.2, -0.15) is 4.98 Å². The van der Waals surface area contributed by atoms with Gasteiger partial charge < -0.3 is 14.5 Å². The van der Waals surface area contributed by atoms with Crippen LogP contribution in [0.1, 0.15) is 25.7 Å². The molecular weight excluding hydrogens is 334 g/mol. The van der Waals surface area contributed by atoms with Gasteiger partial charge in [-0.15, -0.1) is 0 Å². The zero-order chi connectivity index (χ0) is 17.5. The van der Waals surface area contributed by atoms with Crippen molar-refractivity contribution in [1.82, 2.24) is 15.0 Å². The number of aryl methyl sites for hydroxylation is 1. The van der Waals surface area contributed by atoms with Crippen LogP contribution in [0.4, 0.5) is 0 Å². The van der Waals surface area contributed by atoms with Crippen molar-refractivity contribution in [2.24, 2.45) is 0 Å². The number of hydrogen-bond donors (Lipinski definition) is 1. The van der Waals surface area contributed by atoms with Gasteiger partial charge in [0.2, 0.25) is 17.6 Å². The van der Waals surface area contributed by atoms with E-state index in [-0.39, 0.29) is 25.3 Å². The van der Waals surface area contributed by atoms with Crippen molar-refractivity contribution in [3.05, 3.63) is 35.2 Å². The molecule has 8 heteroatoms. The molecule has 0 radical (unpaired) electrons. The number of amides is 1. The highest BCUT2D eigenvalue weighted by Crippen LogP contribution is 2.19. The van der Waals surface area contributed by atoms with Crippen LogP contribution in [0.3, 0.4) is 0 Å². The Balaban J connectivity index is 1.95. The van der Waals surface area contributed by atoms with Gasteiger partial charge in [-0.3, -0.25) is 9.59 Å². The fourth-order valence-corrected chi connectivity index (χ4v) is 2.30. The second-order valence-corrected chi connectivity index (χ2v) is 5.66. The Bertz CT molecular complexity index is 700. The van der Waals surface area contributed by atoms with E-state index in [4.69, 9.17) is 21.2 Å². The first-order valence-corrected chi connectivity index (χ1v) is 7.95. The monoisotopic (exact) mass is 351 g/mol. The molecule has 24 heavy (non-hydrogen) atoms. The molecule has 7 nitrogen and oxygen atoms in total. The number of carbonyl (C=O) groups is 2. The van der Waals surface area contributed by atoms with E-state index in [2.05, 4.69) is 10.1 Å². The molecule has 0 saturated carbocycles. The van der Waals surface area contributed by atoms with Gasteiger partial charge in [0.1, 0.15) is 6.54 Å². The molecular formula is C16H18ClN3O4. The molecule has 0 atom stereocenters. The maximum absolute atomic E-state index is 12.1. The third-order valence-corrected chi connectivity index (χ3v) is 3.55. The largest absolute Gasteiger partial charge is 0.480 e. The average Bonchev–Trinajstić information content (AvgIpc) is 3.01. The predicted octanol–water partition coefficient (Wildman–Crippen LogP) is 2.65. The zero-order valence-electron chi connectivity index (χ0n) is 13.2. The van der Waals surface area contributed by atoms with Gasteiger partial charge in [-0.1, -0.05) is 23.7 Å². The molecule has 1 N–H and O–H groups in total. The molecule has 0 aliphatic rings. The van der Waals surface area contributed by atoms with E-state index in [0.717, 1.165) is 5.56 Å². The molecule has 1 aromatic carbocycles. The van der Waals surface area contributed by atoms with E-state index in [1.165, 1.54) is 4.90 Å². The van der Waals surface area contributed by atoms with Crippen molar-refractivity contribution in [2.75, 3.05) is 13.1 Å². The lowest BCUT2D eigenvalue weighted by atomic mass is 10.2. The summed E-state index contributed by atoms with van der Waals surface area (Å²) in [7, 11) is 0. The van der Waals surface area contributed by atoms with E-state index < -0.39 is 5.97 Å². The highest BCUT2D eigenvalue weighted by Gasteiger charge is 2.17. The van der Waals surface area contributed by atoms with Crippen LogP contribution in [0.5, 0.6) is 0 Å². The highest BCUT2D eigenvalue weighted by molar-refractivity contribution is 6.30. The first-order chi connectivity index (χ1) is 11.5. The van der Waals surface area contributed by atoms with Crippen LogP contribution in [0, 0.1) is 0 Å². The molecule has 0 aliphatic carbocycles. The summed E-state index contributed by atoms with van der Waals surface area (Å²) in [6, 6.07) is 7.01. The quantitative estimate of drug-likeness (QED) is 0.785. The van der Waals surface area contributed by atoms with Gasteiger partial charge in [0.25, 0.3) is 0 Å². The minimum absolute atomic E-state index is 0.121. The van der Waals surface area contributed by atoms with Crippen molar-refractivity contribution < 1.29 is 19.2 Å². The maximum Gasteiger partial charge on any atom is 0.323 e. The lowest BCUT2D eigenvalue weighted by Gasteiger charge is -2.19. The first kappa shape index (κ1) is 17.9. The van der Waals surface area contributed by atoms with Crippen LogP contribution in [-0.2, 0) is 16.0 Å². The molecule has 1 aromatic heterocycles. The van der Waals surface area contributed by atoms with Gasteiger partial charge in [-0.05, 0) is 30.7 Å². The van der Waals surface area contributed by atoms with Gasteiger partial charge in [-0.25, -0.2) is 0 Å². The summed E-state index contributed by atoms with van der Waals surface area (Å²) in [5.41, 5.74) is 0.763. The average molecular weight is 352 g/mol. The fraction of sp³-hybridized carbons (Fsp3) is 0.375. The number of nitrogens with zero attached hydrogens (tertiary/aromatic N) is 3. The Hall–Kier alpha value is -2.41. The lowest BCUT2D eigenvalue weighted by molar-refractivity contribution is -0.144. The number of halogens is 1. The second-order valence-electron chi connectivity index (χ2n) is 5.23. The Labute approximate surface area is 144 Å². The first-order valence-electron chi connectivity index (χ1n) is 7.57. The van der Waals surface area contributed by atoms with Gasteiger partial charge in [0.05, 0.1) is 0 Å². The molecule has 0 spiro atoms. The standard InChI is InChI=1S/C16H18ClN3O4/c1-2-9-20(10-15(22)23)14(21)8-7-13-18-16(19-24-13)11-3-5-12(17)6-4-11/h3-6H,2,7-10H2,1H3,(H,22,23). The number of benzene rings is 1. The Morgan fingerprint density at radius 2 is 2.00 bits per heavy atom. The van der Waals surface area contributed by atoms with Gasteiger partial charge >= 0.3 is 5.97 Å². The summed E-state index contributed by atoms with van der Waals surface area (Å²) < 4.78 is 5.14. The van der Waals surface area contributed by atoms with Crippen molar-refractivity contribution >= 4 is 23.5 Å². The number of aliphatic carboxylic acids is 1. The number of aromatic nitrogens is 2. The van der Waals surface area contributed by atoms with Crippen LogP contribution in [-0.4, -0.2) is 45.1 Å². The minimum atomic E-state index is -1.03. The molecule has 2 aromatic rings. The highest BCUT2D eigenvalue weighted by atomic mass is 35.5. The molecule has 0 fully saturated rings. The van der Waals surface area contributed by atoms with Crippen LogP contribution in [0.2, 0.25) is 5.02 Å². The number of carboxylic acid groups (broad SMARTS) is 1. The minimum Gasteiger partial charge on any atom is -0.480 e. The maximum atomic E-state index is 12.1. The summed E-state index contributed by atoms with van der Waals surface area (Å²) in [5.74, 6) is -0.518. The smallest absolute Gasteiger partial charge is 0.323 e. The SMILES string of the molecule is CCCN(CC(=O)O)C(=O)CCc1nc(-c2ccc(Cl)cc2)no1. The van der Waals surface area contributed by atoms with E-state index >= 15 is 0 Å². The van der Waals surface area contributed by atoms with Crippen molar-refractivity contribution in [3.8, 4) is 11.4 Å². The second kappa shape index (κ2) is 8.44. The lowest BCUT2D eigenvalue weighted by Crippen LogP contribution is -2.36. The van der Waals surface area contributed by atoms with Crippen LogP contribution in [0.25, 0.3) is 11.4 Å². The zero-order valence-corrected chi connectivity index (χ0v) is 14.0. The molecule has 128 valence electrons. The number of carbonyl (C=O) groups excluding carboxylic acids is 1. The Morgan fingerprint density at radius 1 is 1.29 bits per heavy atom. The van der Waals surface area contributed by atoms with Crippen LogP contribution in [0.15, 0.2) is 28.8 Å². The van der Waals surface area contributed by atoms with Crippen molar-refractivity contribution in [1.29, 1.82) is 0 Å². The molecule has 0 bridgehead atoms. The predicted molar refractivity (Wildman–Crippen MR) is 87.6 cm³/mol. The summed E-state index contributed by atoms with van der Waals surface area (Å²) in [4.78, 5) is 28.5. The summed E-state index contributed by atoms with van der Waals surface area (Å²) in [6.07, 6.45) is 1.08. The molecule has 0 aliphatic heterocycles. The van der Waals surface area contributed by atoms with Gasteiger partial charge in [0, 0.05) is 30.0 Å². The van der Waals surface area contributed by atoms with Crippen molar-refractivity contribution in [3.63, 3.8) is 0 Å². The third-order valence-electron chi connectivity index (χ3n) is 3.30. The summed E-state index contributed by atoms with van der Waals surface area (Å²) in [5, 5.41) is 13.3. The van der Waals surface area contributed by atoms with E-state index in [1.54, 1.807) is 24.3 Å². The molecule has 0 saturated heterocycles. The summed E-state index contributed by atoms with van der Waals surface area (Å²) >= 11 is 5.83. The topological polar surface area (TPSA) is 96.5 Å².